The molecule has 0 fully saturated rings. The smallest absolute Gasteiger partial charge is 0.0701 e. The summed E-state index contributed by atoms with van der Waals surface area (Å²) in [5, 5.41) is 0. The molecule has 5 heavy (non-hydrogen) atoms. The topological polar surface area (TPSA) is 0 Å². The minimum Gasteiger partial charge on any atom is -0.153 e. The molecule has 0 nitrogen and oxygen atoms in total. The van der Waals surface area contributed by atoms with Gasteiger partial charge in [-0.1, -0.05) is 25.3 Å². The molecule has 0 aliphatic rings. The molecule has 0 aromatic heterocycles. The Morgan fingerprint density at radius 3 is 1.20 bits per heavy atom. The predicted molar refractivity (Wildman–Crippen MR) is 31.5 cm³/mol. The van der Waals surface area contributed by atoms with Crippen molar-refractivity contribution in [2.45, 2.75) is 0 Å². The van der Waals surface area contributed by atoms with E-state index in [1.165, 1.54) is 0 Å². The van der Waals surface area contributed by atoms with E-state index in [-0.39, 0.29) is 9.90 Å². The standard InChI is InChI=1S/C4H6.H3P/c1-3-4-2;/h3-4H,1-2H2;1H3. The molecule has 0 aliphatic carbocycles. The molecule has 0 aliphatic heterocycles. The van der Waals surface area contributed by atoms with E-state index < -0.39 is 0 Å². The lowest BCUT2D eigenvalue weighted by atomic mass is 10.6. The Bertz CT molecular complexity index is 24.6. The van der Waals surface area contributed by atoms with Gasteiger partial charge in [0, 0.05) is 0 Å². The molecule has 0 saturated heterocycles. The zero-order valence-electron chi connectivity index (χ0n) is 3.28. The van der Waals surface area contributed by atoms with Crippen LogP contribution in [-0.2, 0) is 0 Å². The second-order valence-electron chi connectivity index (χ2n) is 0.471. The van der Waals surface area contributed by atoms with E-state index in [2.05, 4.69) is 13.2 Å². The zero-order chi connectivity index (χ0) is 3.41. The summed E-state index contributed by atoms with van der Waals surface area (Å²) in [5.74, 6) is 0. The van der Waals surface area contributed by atoms with Gasteiger partial charge in [-0.3, -0.25) is 0 Å². The van der Waals surface area contributed by atoms with E-state index in [1.54, 1.807) is 12.2 Å². The second-order valence-corrected chi connectivity index (χ2v) is 0.471. The van der Waals surface area contributed by atoms with Gasteiger partial charge >= 0.3 is 0 Å². The molecule has 1 unspecified atom stereocenters. The summed E-state index contributed by atoms with van der Waals surface area (Å²) in [7, 11) is 0. The monoisotopic (exact) mass is 88.0 g/mol. The van der Waals surface area contributed by atoms with Crippen molar-refractivity contribution in [3.63, 3.8) is 0 Å². The van der Waals surface area contributed by atoms with Crippen LogP contribution in [0.3, 0.4) is 0 Å². The van der Waals surface area contributed by atoms with Crippen molar-refractivity contribution in [1.29, 1.82) is 0 Å². The Morgan fingerprint density at radius 1 is 1.00 bits per heavy atom. The van der Waals surface area contributed by atoms with Gasteiger partial charge in [-0.25, -0.2) is 0 Å². The summed E-state index contributed by atoms with van der Waals surface area (Å²) in [5.41, 5.74) is 0. The fourth-order valence-corrected chi connectivity index (χ4v) is 0. The highest BCUT2D eigenvalue weighted by atomic mass is 31.0. The van der Waals surface area contributed by atoms with Crippen molar-refractivity contribution in [1.82, 2.24) is 0 Å². The van der Waals surface area contributed by atoms with Crippen molar-refractivity contribution in [2.24, 2.45) is 0 Å². The average molecular weight is 88.1 g/mol. The third kappa shape index (κ3) is 17.2. The summed E-state index contributed by atoms with van der Waals surface area (Å²) in [6, 6.07) is 0. The molecule has 1 heteroatoms. The minimum absolute atomic E-state index is 0. The first-order valence-electron chi connectivity index (χ1n) is 1.15. The Labute approximate surface area is 36.2 Å². The van der Waals surface area contributed by atoms with Crippen molar-refractivity contribution in [2.75, 3.05) is 0 Å². The summed E-state index contributed by atoms with van der Waals surface area (Å²) in [6.45, 7) is 6.72. The Kier molecular flexibility index (Phi) is 16.1. The number of allylic oxidation sites excluding steroid dienone is 2. The van der Waals surface area contributed by atoms with Crippen molar-refractivity contribution in [3.05, 3.63) is 25.3 Å². The molecule has 0 N–H and O–H groups in total. The van der Waals surface area contributed by atoms with E-state index in [4.69, 9.17) is 0 Å². The highest BCUT2D eigenvalue weighted by molar-refractivity contribution is 6.92. The molecule has 0 bridgehead atoms. The Morgan fingerprint density at radius 2 is 1.20 bits per heavy atom. The van der Waals surface area contributed by atoms with Crippen LogP contribution in [0.15, 0.2) is 25.3 Å². The highest BCUT2D eigenvalue weighted by Crippen LogP contribution is 1.52. The summed E-state index contributed by atoms with van der Waals surface area (Å²) >= 11 is 0. The van der Waals surface area contributed by atoms with Crippen LogP contribution in [0.4, 0.5) is 0 Å². The first kappa shape index (κ1) is 8.86. The van der Waals surface area contributed by atoms with Crippen LogP contribution in [-0.4, -0.2) is 0 Å². The van der Waals surface area contributed by atoms with Crippen molar-refractivity contribution in [3.8, 4) is 0 Å². The third-order valence-corrected chi connectivity index (χ3v) is 0.167. The number of hydrogen-bond acceptors (Lipinski definition) is 0. The molecule has 0 aromatic rings. The highest BCUT2D eigenvalue weighted by Gasteiger charge is 1.29. The first-order valence-corrected chi connectivity index (χ1v) is 1.15. The molecule has 0 spiro atoms. The van der Waals surface area contributed by atoms with E-state index in [0.29, 0.717) is 0 Å². The van der Waals surface area contributed by atoms with Gasteiger partial charge in [0.1, 0.15) is 0 Å². The molecule has 0 heterocycles. The van der Waals surface area contributed by atoms with Gasteiger partial charge < -0.3 is 0 Å². The SMILES string of the molecule is C=CC=C.P. The van der Waals surface area contributed by atoms with Crippen LogP contribution >= 0.6 is 9.90 Å². The van der Waals surface area contributed by atoms with Crippen LogP contribution in [0.5, 0.6) is 0 Å². The molecular formula is C4H9P. The van der Waals surface area contributed by atoms with E-state index >= 15 is 0 Å². The molecular weight excluding hydrogens is 79.0 g/mol. The van der Waals surface area contributed by atoms with E-state index in [0.717, 1.165) is 0 Å². The van der Waals surface area contributed by atoms with Crippen LogP contribution in [0.2, 0.25) is 0 Å². The van der Waals surface area contributed by atoms with Crippen molar-refractivity contribution < 1.29 is 0 Å². The largest absolute Gasteiger partial charge is 0.153 e. The Hall–Kier alpha value is -0.0900. The lowest BCUT2D eigenvalue weighted by Gasteiger charge is -1.44. The lowest BCUT2D eigenvalue weighted by molar-refractivity contribution is 2.15. The fourth-order valence-electron chi connectivity index (χ4n) is 0. The van der Waals surface area contributed by atoms with Crippen LogP contribution in [0.25, 0.3) is 0 Å². The van der Waals surface area contributed by atoms with E-state index in [9.17, 15) is 0 Å². The molecule has 0 rings (SSSR count). The maximum absolute atomic E-state index is 3.36. The zero-order valence-corrected chi connectivity index (χ0v) is 4.69. The normalized spacial score (nSPS) is 4.00. The molecule has 0 aromatic carbocycles. The maximum atomic E-state index is 3.36. The van der Waals surface area contributed by atoms with Gasteiger partial charge in [-0.05, 0) is 0 Å². The summed E-state index contributed by atoms with van der Waals surface area (Å²) in [6.07, 6.45) is 3.28. The van der Waals surface area contributed by atoms with Gasteiger partial charge in [0.05, 0.1) is 0 Å². The third-order valence-electron chi connectivity index (χ3n) is 0.167. The maximum Gasteiger partial charge on any atom is -0.0701 e. The van der Waals surface area contributed by atoms with Crippen LogP contribution in [0.1, 0.15) is 0 Å². The number of rotatable bonds is 1. The van der Waals surface area contributed by atoms with E-state index in [1.807, 2.05) is 0 Å². The second kappa shape index (κ2) is 9.08. The number of hydrogen-bond donors (Lipinski definition) is 0. The fraction of sp³-hybridized carbons (Fsp3) is 0. The average Bonchev–Trinajstić information content (AvgIpc) is 1.37. The lowest BCUT2D eigenvalue weighted by Crippen LogP contribution is -1.21. The Balaban J connectivity index is 0. The molecule has 1 atom stereocenters. The minimum atomic E-state index is 0. The van der Waals surface area contributed by atoms with Crippen LogP contribution < -0.4 is 0 Å². The van der Waals surface area contributed by atoms with Gasteiger partial charge in [0.15, 0.2) is 0 Å². The van der Waals surface area contributed by atoms with Crippen molar-refractivity contribution >= 4 is 9.90 Å². The van der Waals surface area contributed by atoms with Gasteiger partial charge in [0.25, 0.3) is 0 Å². The molecule has 0 radical (unpaired) electrons. The summed E-state index contributed by atoms with van der Waals surface area (Å²) in [4.78, 5) is 0. The van der Waals surface area contributed by atoms with Gasteiger partial charge in [0.2, 0.25) is 0 Å². The van der Waals surface area contributed by atoms with Gasteiger partial charge in [-0.15, -0.1) is 0 Å². The van der Waals surface area contributed by atoms with Crippen LogP contribution in [0, 0.1) is 0 Å². The molecule has 0 amide bonds. The first-order chi connectivity index (χ1) is 1.91. The quantitative estimate of drug-likeness (QED) is 0.336. The molecule has 0 saturated carbocycles. The molecule has 30 valence electrons. The summed E-state index contributed by atoms with van der Waals surface area (Å²) < 4.78 is 0. The van der Waals surface area contributed by atoms with Gasteiger partial charge in [-0.2, -0.15) is 9.90 Å². The predicted octanol–water partition coefficient (Wildman–Crippen LogP) is 1.42.